The summed E-state index contributed by atoms with van der Waals surface area (Å²) in [6.07, 6.45) is -1.56. The number of hydrogen-bond acceptors (Lipinski definition) is 17. The lowest BCUT2D eigenvalue weighted by molar-refractivity contribution is -0.141. The molecule has 0 unspecified atom stereocenters. The summed E-state index contributed by atoms with van der Waals surface area (Å²) >= 11 is 12.8. The van der Waals surface area contributed by atoms with E-state index in [2.05, 4.69) is 50.3 Å². The number of hydrogen-bond donors (Lipinski definition) is 3. The number of nitrogens with one attached hydrogen (secondary N) is 2. The highest BCUT2D eigenvalue weighted by Crippen LogP contribution is 2.45. The van der Waals surface area contributed by atoms with Crippen LogP contribution in [-0.2, 0) is 31.3 Å². The molecule has 0 radical (unpaired) electrons. The molecule has 424 valence electrons. The van der Waals surface area contributed by atoms with Crippen LogP contribution in [0, 0.1) is 0 Å². The number of nitrogens with zero attached hydrogens (tertiary/aromatic N) is 9. The number of amides is 2. The average molecular weight is 1160 g/mol. The van der Waals surface area contributed by atoms with Crippen molar-refractivity contribution >= 4 is 64.1 Å². The first kappa shape index (κ1) is 56.3. The molecule has 4 N–H and O–H groups in total. The van der Waals surface area contributed by atoms with Crippen LogP contribution in [-0.4, -0.2) is 124 Å². The lowest BCUT2D eigenvalue weighted by atomic mass is 10.1. The molecule has 4 atom stereocenters. The summed E-state index contributed by atoms with van der Waals surface area (Å²) < 4.78 is 112. The maximum absolute atomic E-state index is 13.5. The second kappa shape index (κ2) is 22.5. The fourth-order valence-corrected chi connectivity index (χ4v) is 10.3. The molecular weight excluding hydrogens is 1100 g/mol. The molecule has 4 aromatic heterocycles. The van der Waals surface area contributed by atoms with E-state index in [1.165, 1.54) is 47.9 Å². The highest BCUT2D eigenvalue weighted by atomic mass is 35.5. The van der Waals surface area contributed by atoms with Gasteiger partial charge in [-0.15, -0.1) is 0 Å². The van der Waals surface area contributed by atoms with Crippen LogP contribution in [0.4, 0.5) is 66.0 Å². The van der Waals surface area contributed by atoms with E-state index in [4.69, 9.17) is 57.4 Å². The number of pyridine rings is 2. The van der Waals surface area contributed by atoms with Crippen molar-refractivity contribution in [1.82, 2.24) is 29.9 Å². The fraction of sp³-hybridized carbons (Fsp3) is 0.415. The van der Waals surface area contributed by atoms with Crippen LogP contribution in [0.15, 0.2) is 85.5 Å². The topological polar surface area (TPSA) is 210 Å². The number of benzene rings is 2. The maximum atomic E-state index is 13.5. The Balaban J connectivity index is 0.000000154. The Kier molecular flexibility index (Phi) is 15.8. The van der Waals surface area contributed by atoms with E-state index in [9.17, 15) is 31.1 Å². The molecule has 6 aliphatic rings. The summed E-state index contributed by atoms with van der Waals surface area (Å²) in [5, 5.41) is 6.58. The molecule has 12 rings (SSSR count). The third kappa shape index (κ3) is 13.1. The highest BCUT2D eigenvalue weighted by molar-refractivity contribution is 6.34. The second-order valence-corrected chi connectivity index (χ2v) is 21.1. The number of nitrogens with two attached hydrogens (primary N) is 1. The predicted octanol–water partition coefficient (Wildman–Crippen LogP) is 10.4. The number of halogens is 8. The number of aromatic nitrogens is 6. The molecule has 6 aromatic rings. The van der Waals surface area contributed by atoms with Gasteiger partial charge in [0.2, 0.25) is 11.9 Å². The van der Waals surface area contributed by atoms with Crippen LogP contribution in [0.25, 0.3) is 22.5 Å². The number of anilines is 6. The van der Waals surface area contributed by atoms with E-state index in [0.29, 0.717) is 90.5 Å². The smallest absolute Gasteiger partial charge is 0.416 e. The molecule has 2 amide bonds. The molecular formula is C53H54Cl2F6N12O7. The van der Waals surface area contributed by atoms with E-state index in [0.717, 1.165) is 49.5 Å². The van der Waals surface area contributed by atoms with Gasteiger partial charge >= 0.3 is 18.4 Å². The van der Waals surface area contributed by atoms with E-state index in [1.54, 1.807) is 18.2 Å². The van der Waals surface area contributed by atoms with Crippen molar-refractivity contribution in [2.75, 3.05) is 83.7 Å². The molecule has 27 heteroatoms. The number of fused-ring (bicyclic) bond motifs is 8. The van der Waals surface area contributed by atoms with Crippen LogP contribution in [0.3, 0.4) is 0 Å². The van der Waals surface area contributed by atoms with Gasteiger partial charge in [-0.05, 0) is 76.9 Å². The Morgan fingerprint density at radius 1 is 0.725 bits per heavy atom. The Morgan fingerprint density at radius 3 is 1.77 bits per heavy atom. The van der Waals surface area contributed by atoms with Crippen molar-refractivity contribution in [1.29, 1.82) is 0 Å². The van der Waals surface area contributed by atoms with Crippen molar-refractivity contribution in [3.63, 3.8) is 0 Å². The number of rotatable bonds is 9. The van der Waals surface area contributed by atoms with Crippen LogP contribution in [0.1, 0.15) is 51.7 Å². The first-order valence-corrected chi connectivity index (χ1v) is 26.1. The first-order valence-electron chi connectivity index (χ1n) is 25.4. The largest absolute Gasteiger partial charge is 0.488 e. The summed E-state index contributed by atoms with van der Waals surface area (Å²) in [6, 6.07) is 12.9. The summed E-state index contributed by atoms with van der Waals surface area (Å²) in [5.41, 5.74) is 6.45. The van der Waals surface area contributed by atoms with E-state index < -0.39 is 41.1 Å². The maximum Gasteiger partial charge on any atom is 0.416 e. The number of nitrogen functional groups attached to an aromatic ring is 1. The van der Waals surface area contributed by atoms with Gasteiger partial charge in [-0.3, -0.25) is 10.2 Å². The third-order valence-electron chi connectivity index (χ3n) is 13.5. The van der Waals surface area contributed by atoms with Gasteiger partial charge in [0.15, 0.2) is 34.7 Å². The van der Waals surface area contributed by atoms with Crippen molar-refractivity contribution in [2.24, 2.45) is 0 Å². The van der Waals surface area contributed by atoms with Crippen LogP contribution in [0.5, 0.6) is 11.5 Å². The Labute approximate surface area is 465 Å². The molecule has 0 saturated carbocycles. The van der Waals surface area contributed by atoms with E-state index in [-0.39, 0.29) is 53.0 Å². The molecule has 10 heterocycles. The molecule has 80 heavy (non-hydrogen) atoms. The van der Waals surface area contributed by atoms with Gasteiger partial charge in [-0.1, -0.05) is 47.5 Å². The molecule has 0 spiro atoms. The van der Waals surface area contributed by atoms with Crippen molar-refractivity contribution in [3.05, 3.63) is 107 Å². The normalized spacial score (nSPS) is 21.1. The Bertz CT molecular complexity index is 3220. The summed E-state index contributed by atoms with van der Waals surface area (Å²) in [7, 11) is 0. The zero-order chi connectivity index (χ0) is 56.7. The SMILES string of the molecule is CC1(C)OC[C@H](COc2cnc(N)nc2)O1.CC1(C)OC[C@H](COc2cnc(NC(=O)N3c4nc(-c5cccc(C(F)(F)F)c5)c(Cl)cc4N4CC[C@H]3C4)nc2)O1.FC(F)(F)c1cccc(-c2nc3c(cc2Cl)N2CC[C@@H](C2)N3)c1. The minimum absolute atomic E-state index is 0.0537. The highest BCUT2D eigenvalue weighted by Gasteiger charge is 2.42. The molecule has 19 nitrogen and oxygen atoms in total. The van der Waals surface area contributed by atoms with Crippen LogP contribution in [0.2, 0.25) is 10.0 Å². The van der Waals surface area contributed by atoms with Gasteiger partial charge < -0.3 is 49.3 Å². The van der Waals surface area contributed by atoms with Crippen molar-refractivity contribution < 1.29 is 59.6 Å². The Hall–Kier alpha value is -7.03. The van der Waals surface area contributed by atoms with Gasteiger partial charge in [0, 0.05) is 43.3 Å². The quantitative estimate of drug-likeness (QED) is 0.115. The minimum atomic E-state index is -4.52. The average Bonchev–Trinajstić information content (AvgIpc) is 4.38. The first-order chi connectivity index (χ1) is 37.9. The summed E-state index contributed by atoms with van der Waals surface area (Å²) in [6.45, 7) is 12.1. The second-order valence-electron chi connectivity index (χ2n) is 20.3. The molecule has 4 bridgehead atoms. The summed E-state index contributed by atoms with van der Waals surface area (Å²) in [4.78, 5) is 44.4. The standard InChI is InChI=1S/C27H26ClF3N6O4.C16H13ClF3N3.C10H15N3O3/c1-26(2)40-14-19(41-26)13-39-18-10-32-24(33-11-18)35-25(38)37-17-6-7-36(12-17)21-9-20(28)22(34-23(21)37)15-4-3-5-16(8-15)27(29,30)31;17-12-7-13-15(21-11-4-5-23(13)8-11)22-14(12)9-2-1-3-10(6-9)16(18,19)20;1-10(2)15-6-8(16-10)5-14-7-3-12-9(11)13-4-7/h3-5,8-11,17,19H,6-7,12-14H2,1-2H3,(H,32,33,35,38);1-3,6-7,11H,4-5,8H2,(H,21,22);3-4,8H,5-6H2,1-2H3,(H2,11,12,13)/t17-,19-;11-;8-/m000/s1. The predicted molar refractivity (Wildman–Crippen MR) is 285 cm³/mol. The van der Waals surface area contributed by atoms with E-state index in [1.807, 2.05) is 27.7 Å². The van der Waals surface area contributed by atoms with Gasteiger partial charge in [-0.25, -0.2) is 34.7 Å². The Morgan fingerprint density at radius 2 is 1.24 bits per heavy atom. The monoisotopic (exact) mass is 1150 g/mol. The number of carbonyl (C=O) groups is 1. The van der Waals surface area contributed by atoms with Crippen LogP contribution >= 0.6 is 23.2 Å². The number of carbonyl (C=O) groups excluding carboxylic acids is 1. The number of alkyl halides is 6. The lowest BCUT2D eigenvalue weighted by Crippen LogP contribution is -2.48. The van der Waals surface area contributed by atoms with Gasteiger partial charge in [0.05, 0.1) is 88.0 Å². The molecule has 4 saturated heterocycles. The third-order valence-corrected chi connectivity index (χ3v) is 14.1. The molecule has 6 aliphatic heterocycles. The fourth-order valence-electron chi connectivity index (χ4n) is 9.77. The summed E-state index contributed by atoms with van der Waals surface area (Å²) in [5.74, 6) is 1.06. The molecule has 2 aromatic carbocycles. The number of urea groups is 1. The number of ether oxygens (including phenoxy) is 6. The lowest BCUT2D eigenvalue weighted by Gasteiger charge is -2.36. The van der Waals surface area contributed by atoms with E-state index >= 15 is 0 Å². The minimum Gasteiger partial charge on any atom is -0.488 e. The van der Waals surface area contributed by atoms with Gasteiger partial charge in [-0.2, -0.15) is 26.3 Å². The molecule has 4 fully saturated rings. The zero-order valence-corrected chi connectivity index (χ0v) is 45.0. The molecule has 0 aliphatic carbocycles. The van der Waals surface area contributed by atoms with Crippen molar-refractivity contribution in [2.45, 2.75) is 88.8 Å². The van der Waals surface area contributed by atoms with Crippen LogP contribution < -0.4 is 40.5 Å². The van der Waals surface area contributed by atoms with Gasteiger partial charge in [0.25, 0.3) is 0 Å². The van der Waals surface area contributed by atoms with Gasteiger partial charge in [0.1, 0.15) is 25.4 Å². The van der Waals surface area contributed by atoms with Crippen molar-refractivity contribution in [3.8, 4) is 34.0 Å². The zero-order valence-electron chi connectivity index (χ0n) is 43.4.